The van der Waals surface area contributed by atoms with Crippen LogP contribution in [0, 0.1) is 0 Å². The Labute approximate surface area is 308 Å². The van der Waals surface area contributed by atoms with Gasteiger partial charge in [0.2, 0.25) is 17.7 Å². The molecule has 24 heteroatoms. The summed E-state index contributed by atoms with van der Waals surface area (Å²) in [6.07, 6.45) is -26.1. The number of amides is 3. The summed E-state index contributed by atoms with van der Waals surface area (Å²) < 4.78 is 40.3. The van der Waals surface area contributed by atoms with Gasteiger partial charge >= 0.3 is 0 Å². The minimum Gasteiger partial charge on any atom is -0.394 e. The predicted octanol–water partition coefficient (Wildman–Crippen LogP) is -9.35. The van der Waals surface area contributed by atoms with Crippen molar-refractivity contribution in [1.29, 1.82) is 0 Å². The summed E-state index contributed by atoms with van der Waals surface area (Å²) in [6.45, 7) is -0.0467. The quantitative estimate of drug-likeness (QED) is 0.0824. The standard InChI is InChI=1S/C30H52N4O20/c1-8(39)32-16-21(44)24(12(5-36)48-27(16)47)53-29-18(34-10(3)41)23(46)26(14(7-38)51-29)54-30-17(33-9(2)40)22(45)25(13(6-37)50-30)52-28-15(31)20(43)19(42)11(4-35)49-28/h11-30,35-38,42-47H,4-7,31H2,1-3H3,(H,32,39)(H,33,40)(H,34,41)/t11?,12?,13?,14?,15?,16?,17?,18?,19-,20?,21?,22?,23?,24-,25-,26-,27+,28+,29+,30+/m1/s1. The molecule has 3 amide bonds. The average Bonchev–Trinajstić information content (AvgIpc) is 3.12. The van der Waals surface area contributed by atoms with E-state index >= 15 is 0 Å². The van der Waals surface area contributed by atoms with Crippen LogP contribution < -0.4 is 21.7 Å². The summed E-state index contributed by atoms with van der Waals surface area (Å²) in [4.78, 5) is 36.3. The number of carbonyl (C=O) groups is 3. The molecule has 4 fully saturated rings. The van der Waals surface area contributed by atoms with Gasteiger partial charge in [0.1, 0.15) is 91.4 Å². The molecule has 0 aromatic heterocycles. The van der Waals surface area contributed by atoms with E-state index in [-0.39, 0.29) is 0 Å². The third kappa shape index (κ3) is 9.79. The third-order valence-corrected chi connectivity index (χ3v) is 9.49. The normalized spacial score (nSPS) is 45.7. The van der Waals surface area contributed by atoms with Gasteiger partial charge in [-0.1, -0.05) is 0 Å². The lowest BCUT2D eigenvalue weighted by Gasteiger charge is -2.50. The number of aliphatic hydroxyl groups is 10. The third-order valence-electron chi connectivity index (χ3n) is 9.49. The molecule has 312 valence electrons. The molecule has 0 aromatic carbocycles. The van der Waals surface area contributed by atoms with Gasteiger partial charge in [0.15, 0.2) is 25.2 Å². The van der Waals surface area contributed by atoms with Crippen molar-refractivity contribution in [1.82, 2.24) is 16.0 Å². The van der Waals surface area contributed by atoms with Gasteiger partial charge in [-0.05, 0) is 0 Å². The van der Waals surface area contributed by atoms with Gasteiger partial charge < -0.3 is 106 Å². The molecule has 20 atom stereocenters. The molecule has 4 aliphatic heterocycles. The highest BCUT2D eigenvalue weighted by molar-refractivity contribution is 5.74. The SMILES string of the molecule is CC(=O)NC1C(O)[C@H](O[C@@H]2OC(CO)[C@@H](O)C(O)C2N)C(CO)O[C@H]1O[C@@H]1C(CO)O[C@@H](O[C@@H]2C(CO)O[C@H](O)C(NC(C)=O)C2O)C(NC(C)=O)C1O. The largest absolute Gasteiger partial charge is 0.394 e. The van der Waals surface area contributed by atoms with Gasteiger partial charge in [-0.2, -0.15) is 0 Å². The van der Waals surface area contributed by atoms with Crippen molar-refractivity contribution < 1.29 is 98.6 Å². The monoisotopic (exact) mass is 788 g/mol. The van der Waals surface area contributed by atoms with Crippen LogP contribution in [0.1, 0.15) is 20.8 Å². The number of hydrogen-bond acceptors (Lipinski definition) is 21. The Morgan fingerprint density at radius 3 is 1.22 bits per heavy atom. The van der Waals surface area contributed by atoms with Gasteiger partial charge in [0.25, 0.3) is 0 Å². The molecule has 0 spiro atoms. The van der Waals surface area contributed by atoms with Gasteiger partial charge in [-0.25, -0.2) is 0 Å². The first-order chi connectivity index (χ1) is 25.5. The molecule has 4 saturated heterocycles. The van der Waals surface area contributed by atoms with Crippen LogP contribution >= 0.6 is 0 Å². The second-order valence-corrected chi connectivity index (χ2v) is 13.4. The second-order valence-electron chi connectivity index (χ2n) is 13.4. The molecule has 0 bridgehead atoms. The van der Waals surface area contributed by atoms with E-state index in [0.29, 0.717) is 0 Å². The Morgan fingerprint density at radius 1 is 0.500 bits per heavy atom. The summed E-state index contributed by atoms with van der Waals surface area (Å²) >= 11 is 0. The van der Waals surface area contributed by atoms with E-state index in [4.69, 9.17) is 38.9 Å². The Balaban J connectivity index is 1.59. The first-order valence-electron chi connectivity index (χ1n) is 17.1. The van der Waals surface area contributed by atoms with Crippen molar-refractivity contribution in [3.8, 4) is 0 Å². The fraction of sp³-hybridized carbons (Fsp3) is 0.900. The maximum atomic E-state index is 12.3. The van der Waals surface area contributed by atoms with Gasteiger partial charge in [-0.3, -0.25) is 14.4 Å². The summed E-state index contributed by atoms with van der Waals surface area (Å²) in [5.41, 5.74) is 5.98. The number of hydrogen-bond donors (Lipinski definition) is 14. The van der Waals surface area contributed by atoms with Crippen LogP contribution in [0.4, 0.5) is 0 Å². The van der Waals surface area contributed by atoms with E-state index in [1.807, 2.05) is 0 Å². The van der Waals surface area contributed by atoms with E-state index in [1.54, 1.807) is 0 Å². The molecule has 4 rings (SSSR count). The number of nitrogens with two attached hydrogens (primary N) is 1. The molecule has 54 heavy (non-hydrogen) atoms. The molecule has 4 heterocycles. The molecule has 24 nitrogen and oxygen atoms in total. The van der Waals surface area contributed by atoms with Crippen molar-refractivity contribution in [2.75, 3.05) is 26.4 Å². The zero-order valence-electron chi connectivity index (χ0n) is 29.5. The maximum Gasteiger partial charge on any atom is 0.217 e. The molecule has 0 saturated carbocycles. The Bertz CT molecular complexity index is 1260. The van der Waals surface area contributed by atoms with E-state index in [2.05, 4.69) is 16.0 Å². The molecule has 0 aromatic rings. The molecule has 15 N–H and O–H groups in total. The second kappa shape index (κ2) is 19.2. The number of nitrogens with one attached hydrogen (secondary N) is 3. The zero-order chi connectivity index (χ0) is 40.2. The summed E-state index contributed by atoms with van der Waals surface area (Å²) in [7, 11) is 0. The summed E-state index contributed by atoms with van der Waals surface area (Å²) in [6, 6.07) is -6.00. The van der Waals surface area contributed by atoms with E-state index in [0.717, 1.165) is 20.8 Å². The highest BCUT2D eigenvalue weighted by Gasteiger charge is 2.56. The summed E-state index contributed by atoms with van der Waals surface area (Å²) in [5.74, 6) is -2.11. The Hall–Kier alpha value is -2.31. The van der Waals surface area contributed by atoms with Gasteiger partial charge in [0, 0.05) is 20.8 Å². The summed E-state index contributed by atoms with van der Waals surface area (Å²) in [5, 5.41) is 112. The molecule has 12 unspecified atom stereocenters. The topological polar surface area (TPSA) is 380 Å². The zero-order valence-corrected chi connectivity index (χ0v) is 29.5. The molecule has 0 aliphatic carbocycles. The van der Waals surface area contributed by atoms with E-state index in [9.17, 15) is 65.4 Å². The lowest BCUT2D eigenvalue weighted by Crippen LogP contribution is -2.71. The molecular formula is C30H52N4O20. The average molecular weight is 789 g/mol. The van der Waals surface area contributed by atoms with Crippen LogP contribution in [0.5, 0.6) is 0 Å². The highest BCUT2D eigenvalue weighted by atomic mass is 16.8. The minimum atomic E-state index is -1.87. The lowest BCUT2D eigenvalue weighted by molar-refractivity contribution is -0.361. The van der Waals surface area contributed by atoms with E-state index in [1.165, 1.54) is 0 Å². The molecule has 4 aliphatic rings. The molecule has 0 radical (unpaired) electrons. The Morgan fingerprint density at radius 2 is 0.833 bits per heavy atom. The van der Waals surface area contributed by atoms with Crippen LogP contribution in [-0.4, -0.2) is 218 Å². The first-order valence-corrected chi connectivity index (χ1v) is 17.1. The maximum absolute atomic E-state index is 12.3. The van der Waals surface area contributed by atoms with Crippen LogP contribution in [0.15, 0.2) is 0 Å². The van der Waals surface area contributed by atoms with Crippen LogP contribution in [0.2, 0.25) is 0 Å². The lowest BCUT2D eigenvalue weighted by atomic mass is 9.93. The van der Waals surface area contributed by atoms with Crippen molar-refractivity contribution in [2.45, 2.75) is 143 Å². The minimum absolute atomic E-state index is 0.655. The fourth-order valence-electron chi connectivity index (χ4n) is 6.81. The van der Waals surface area contributed by atoms with Gasteiger partial charge in [0.05, 0.1) is 32.5 Å². The van der Waals surface area contributed by atoms with Crippen molar-refractivity contribution >= 4 is 17.7 Å². The van der Waals surface area contributed by atoms with Crippen LogP contribution in [0.25, 0.3) is 0 Å². The van der Waals surface area contributed by atoms with Crippen molar-refractivity contribution in [2.24, 2.45) is 5.73 Å². The number of aliphatic hydroxyl groups excluding tert-OH is 10. The fourth-order valence-corrected chi connectivity index (χ4v) is 6.81. The van der Waals surface area contributed by atoms with Gasteiger partial charge in [-0.15, -0.1) is 0 Å². The number of rotatable bonds is 13. The van der Waals surface area contributed by atoms with E-state index < -0.39 is 167 Å². The van der Waals surface area contributed by atoms with Crippen molar-refractivity contribution in [3.05, 3.63) is 0 Å². The predicted molar refractivity (Wildman–Crippen MR) is 171 cm³/mol. The van der Waals surface area contributed by atoms with Crippen molar-refractivity contribution in [3.63, 3.8) is 0 Å². The smallest absolute Gasteiger partial charge is 0.217 e. The number of carbonyl (C=O) groups excluding carboxylic acids is 3. The highest BCUT2D eigenvalue weighted by Crippen LogP contribution is 2.34. The first kappa shape index (κ1) is 44.4. The van der Waals surface area contributed by atoms with Crippen LogP contribution in [0.3, 0.4) is 0 Å². The van der Waals surface area contributed by atoms with Crippen LogP contribution in [-0.2, 0) is 47.5 Å². The molecular weight excluding hydrogens is 736 g/mol. The number of ether oxygens (including phenoxy) is 7. The Kier molecular flexibility index (Phi) is 15.8.